The maximum absolute atomic E-state index is 11.2. The third-order valence-electron chi connectivity index (χ3n) is 3.00. The summed E-state index contributed by atoms with van der Waals surface area (Å²) >= 11 is 3.33. The van der Waals surface area contributed by atoms with Crippen LogP contribution in [0.25, 0.3) is 0 Å². The van der Waals surface area contributed by atoms with Gasteiger partial charge in [0.05, 0.1) is 6.10 Å². The van der Waals surface area contributed by atoms with Gasteiger partial charge in [-0.15, -0.1) is 0 Å². The van der Waals surface area contributed by atoms with Gasteiger partial charge in [-0.1, -0.05) is 29.8 Å². The highest BCUT2D eigenvalue weighted by Gasteiger charge is 2.46. The maximum Gasteiger partial charge on any atom is 0.303 e. The largest absolute Gasteiger partial charge is 0.458 e. The van der Waals surface area contributed by atoms with Crippen LogP contribution in [-0.2, 0) is 23.8 Å². The fourth-order valence-corrected chi connectivity index (χ4v) is 2.86. The Balaban J connectivity index is 2.89. The Hall–Kier alpha value is -0.620. The molecule has 0 aliphatic carbocycles. The van der Waals surface area contributed by atoms with Crippen molar-refractivity contribution in [3.63, 3.8) is 0 Å². The average molecular weight is 323 g/mol. The lowest BCUT2D eigenvalue weighted by Crippen LogP contribution is -2.54. The van der Waals surface area contributed by atoms with E-state index in [-0.39, 0.29) is 18.0 Å². The van der Waals surface area contributed by atoms with Crippen LogP contribution < -0.4 is 0 Å². The summed E-state index contributed by atoms with van der Waals surface area (Å²) in [5.74, 6) is -0.843. The number of rotatable bonds is 3. The monoisotopic (exact) mass is 322 g/mol. The first-order valence-electron chi connectivity index (χ1n) is 6.00. The zero-order chi connectivity index (χ0) is 13.9. The van der Waals surface area contributed by atoms with E-state index in [0.717, 1.165) is 6.42 Å². The van der Waals surface area contributed by atoms with Crippen molar-refractivity contribution in [2.75, 3.05) is 0 Å². The Morgan fingerprint density at radius 1 is 1.17 bits per heavy atom. The highest BCUT2D eigenvalue weighted by Crippen LogP contribution is 2.34. The van der Waals surface area contributed by atoms with Crippen molar-refractivity contribution < 1.29 is 23.8 Å². The van der Waals surface area contributed by atoms with Crippen LogP contribution in [0, 0.1) is 5.92 Å². The van der Waals surface area contributed by atoms with Gasteiger partial charge in [0.1, 0.15) is 6.10 Å². The van der Waals surface area contributed by atoms with Gasteiger partial charge in [0.25, 0.3) is 0 Å². The molecule has 0 saturated carbocycles. The minimum absolute atomic E-state index is 0.0305. The van der Waals surface area contributed by atoms with E-state index in [9.17, 15) is 9.59 Å². The topological polar surface area (TPSA) is 61.8 Å². The number of halogens is 1. The zero-order valence-electron chi connectivity index (χ0n) is 11.0. The quantitative estimate of drug-likeness (QED) is 0.587. The number of alkyl halides is 1. The van der Waals surface area contributed by atoms with Crippen LogP contribution in [0.2, 0.25) is 0 Å². The number of ether oxygens (including phenoxy) is 3. The molecule has 1 aliphatic heterocycles. The molecule has 18 heavy (non-hydrogen) atoms. The highest BCUT2D eigenvalue weighted by molar-refractivity contribution is 9.09. The van der Waals surface area contributed by atoms with E-state index in [0.29, 0.717) is 0 Å². The number of carbonyl (C=O) groups is 2. The highest BCUT2D eigenvalue weighted by atomic mass is 79.9. The molecule has 5 atom stereocenters. The normalized spacial score (nSPS) is 35.9. The van der Waals surface area contributed by atoms with E-state index in [1.54, 1.807) is 0 Å². The number of carbonyl (C=O) groups excluding carboxylic acids is 2. The van der Waals surface area contributed by atoms with Crippen molar-refractivity contribution in [1.29, 1.82) is 0 Å². The van der Waals surface area contributed by atoms with Crippen molar-refractivity contribution in [1.82, 2.24) is 0 Å². The van der Waals surface area contributed by atoms with Gasteiger partial charge in [0, 0.05) is 19.8 Å². The summed E-state index contributed by atoms with van der Waals surface area (Å²) in [6, 6.07) is 0. The first kappa shape index (κ1) is 15.4. The second kappa shape index (κ2) is 6.52. The molecule has 1 fully saturated rings. The molecule has 0 aromatic carbocycles. The van der Waals surface area contributed by atoms with E-state index in [4.69, 9.17) is 14.2 Å². The Morgan fingerprint density at radius 2 is 1.67 bits per heavy atom. The lowest BCUT2D eigenvalue weighted by atomic mass is 9.90. The number of hydrogen-bond donors (Lipinski definition) is 0. The molecule has 1 heterocycles. The van der Waals surface area contributed by atoms with Gasteiger partial charge < -0.3 is 14.2 Å². The third kappa shape index (κ3) is 3.68. The summed E-state index contributed by atoms with van der Waals surface area (Å²) in [6.45, 7) is 6.59. The summed E-state index contributed by atoms with van der Waals surface area (Å²) in [5, 5.41) is -0.466. The Bertz CT molecular complexity index is 320. The second-order valence-electron chi connectivity index (χ2n) is 4.44. The van der Waals surface area contributed by atoms with Gasteiger partial charge in [-0.3, -0.25) is 9.59 Å². The average Bonchev–Trinajstić information content (AvgIpc) is 2.27. The molecule has 1 saturated heterocycles. The molecular weight excluding hydrogens is 304 g/mol. The van der Waals surface area contributed by atoms with Crippen LogP contribution in [0.4, 0.5) is 0 Å². The van der Waals surface area contributed by atoms with Gasteiger partial charge in [-0.05, 0) is 6.42 Å². The van der Waals surface area contributed by atoms with Crippen LogP contribution in [0.3, 0.4) is 0 Å². The molecule has 0 aromatic heterocycles. The van der Waals surface area contributed by atoms with E-state index >= 15 is 0 Å². The predicted octanol–water partition coefficient (Wildman–Crippen LogP) is 2.02. The van der Waals surface area contributed by atoms with Crippen LogP contribution in [0.1, 0.15) is 34.1 Å². The van der Waals surface area contributed by atoms with Gasteiger partial charge in [-0.2, -0.15) is 0 Å². The molecule has 0 bridgehead atoms. The van der Waals surface area contributed by atoms with Crippen molar-refractivity contribution >= 4 is 27.9 Å². The minimum Gasteiger partial charge on any atom is -0.458 e. The summed E-state index contributed by atoms with van der Waals surface area (Å²) < 4.78 is 16.2. The van der Waals surface area contributed by atoms with Gasteiger partial charge in [0.15, 0.2) is 11.1 Å². The summed E-state index contributed by atoms with van der Waals surface area (Å²) in [6.07, 6.45) is -0.349. The molecule has 5 unspecified atom stereocenters. The van der Waals surface area contributed by atoms with Crippen molar-refractivity contribution in [2.24, 2.45) is 5.92 Å². The van der Waals surface area contributed by atoms with Gasteiger partial charge in [-0.25, -0.2) is 0 Å². The first-order chi connectivity index (χ1) is 8.36. The molecular formula is C12H19BrO5. The fourth-order valence-electron chi connectivity index (χ4n) is 2.17. The number of hydrogen-bond acceptors (Lipinski definition) is 5. The predicted molar refractivity (Wildman–Crippen MR) is 68.2 cm³/mol. The summed E-state index contributed by atoms with van der Waals surface area (Å²) in [5.41, 5.74) is 0. The molecule has 1 rings (SSSR count). The van der Waals surface area contributed by atoms with E-state index < -0.39 is 23.2 Å². The third-order valence-corrected chi connectivity index (χ3v) is 3.73. The van der Waals surface area contributed by atoms with E-state index in [2.05, 4.69) is 15.9 Å². The Kier molecular flexibility index (Phi) is 5.59. The molecule has 0 N–H and O–H groups in total. The van der Waals surface area contributed by atoms with Crippen molar-refractivity contribution in [3.8, 4) is 0 Å². The minimum atomic E-state index is -0.621. The summed E-state index contributed by atoms with van der Waals surface area (Å²) in [7, 11) is 0. The maximum atomic E-state index is 11.2. The van der Waals surface area contributed by atoms with Crippen LogP contribution in [0.5, 0.6) is 0 Å². The van der Waals surface area contributed by atoms with Crippen LogP contribution >= 0.6 is 15.9 Å². The molecule has 6 heteroatoms. The zero-order valence-corrected chi connectivity index (χ0v) is 12.6. The Morgan fingerprint density at radius 3 is 2.11 bits per heavy atom. The molecule has 1 aliphatic rings. The smallest absolute Gasteiger partial charge is 0.303 e. The molecule has 0 radical (unpaired) electrons. The lowest BCUT2D eigenvalue weighted by Gasteiger charge is -2.42. The molecule has 0 aromatic rings. The van der Waals surface area contributed by atoms with Gasteiger partial charge in [0.2, 0.25) is 0 Å². The lowest BCUT2D eigenvalue weighted by molar-refractivity contribution is -0.206. The van der Waals surface area contributed by atoms with Crippen molar-refractivity contribution in [2.45, 2.75) is 57.4 Å². The Labute approximate surface area is 115 Å². The first-order valence-corrected chi connectivity index (χ1v) is 6.92. The summed E-state index contributed by atoms with van der Waals surface area (Å²) in [4.78, 5) is 22.3. The fraction of sp³-hybridized carbons (Fsp3) is 0.833. The van der Waals surface area contributed by atoms with E-state index in [1.807, 2.05) is 13.8 Å². The standard InChI is InChI=1S/C12H19BrO5/c1-5-9-6(2)10(16-7(3)14)11(12(13)18-9)17-8(4)15/h6,9-12H,5H2,1-4H3. The van der Waals surface area contributed by atoms with Crippen molar-refractivity contribution in [3.05, 3.63) is 0 Å². The second-order valence-corrected chi connectivity index (χ2v) is 5.34. The van der Waals surface area contributed by atoms with Gasteiger partial charge >= 0.3 is 11.9 Å². The SMILES string of the molecule is CCC1OC(Br)C(OC(C)=O)C(OC(C)=O)C1C. The molecule has 0 amide bonds. The molecule has 0 spiro atoms. The van der Waals surface area contributed by atoms with Crippen LogP contribution in [-0.4, -0.2) is 35.3 Å². The van der Waals surface area contributed by atoms with E-state index in [1.165, 1.54) is 13.8 Å². The van der Waals surface area contributed by atoms with Crippen LogP contribution in [0.15, 0.2) is 0 Å². The number of esters is 2. The molecule has 104 valence electrons. The molecule has 5 nitrogen and oxygen atoms in total.